The molecule has 160 valence electrons. The first kappa shape index (κ1) is 24.6. The number of hydrogen-bond acceptors (Lipinski definition) is 4. The lowest BCUT2D eigenvalue weighted by atomic mass is 10.0. The number of amides is 3. The van der Waals surface area contributed by atoms with Crippen LogP contribution < -0.4 is 5.32 Å². The molecule has 1 saturated heterocycles. The fraction of sp³-hybridized carbons (Fsp3) is 0.292. The second-order valence-electron chi connectivity index (χ2n) is 5.72. The summed E-state index contributed by atoms with van der Waals surface area (Å²) in [6, 6.07) is 21.4. The Labute approximate surface area is 177 Å². The molecule has 0 saturated carbocycles. The zero-order chi connectivity index (χ0) is 22.5. The molecule has 1 N–H and O–H groups in total. The van der Waals surface area contributed by atoms with Gasteiger partial charge in [-0.25, -0.2) is 4.79 Å². The van der Waals surface area contributed by atoms with E-state index in [0.717, 1.165) is 0 Å². The minimum Gasteiger partial charge on any atom is -0.323 e. The third-order valence-corrected chi connectivity index (χ3v) is 4.04. The monoisotopic (exact) mass is 410 g/mol. The van der Waals surface area contributed by atoms with Crippen LogP contribution in [0, 0.1) is 0 Å². The second-order valence-corrected chi connectivity index (χ2v) is 5.72. The summed E-state index contributed by atoms with van der Waals surface area (Å²) in [5, 5.41) is 7.91. The van der Waals surface area contributed by atoms with Crippen LogP contribution in [0.25, 0.3) is 21.5 Å². The lowest BCUT2D eigenvalue weighted by molar-refractivity contribution is -0.171. The highest BCUT2D eigenvalue weighted by Gasteiger charge is 2.32. The van der Waals surface area contributed by atoms with Crippen LogP contribution in [-0.2, 0) is 14.4 Å². The molecule has 1 heterocycles. The molecule has 0 radical (unpaired) electrons. The van der Waals surface area contributed by atoms with Gasteiger partial charge in [0.2, 0.25) is 0 Å². The molecule has 6 nitrogen and oxygen atoms in total. The Morgan fingerprint density at radius 2 is 1.17 bits per heavy atom. The number of nitrogens with one attached hydrogen (secondary N) is 1. The van der Waals surface area contributed by atoms with Crippen molar-refractivity contribution in [2.24, 2.45) is 0 Å². The van der Waals surface area contributed by atoms with Crippen molar-refractivity contribution in [2.75, 3.05) is 7.05 Å². The van der Waals surface area contributed by atoms with Crippen molar-refractivity contribution in [2.45, 2.75) is 40.5 Å². The van der Waals surface area contributed by atoms with Crippen LogP contribution in [0.5, 0.6) is 0 Å². The molecule has 1 aliphatic rings. The van der Waals surface area contributed by atoms with Crippen LogP contribution in [0.2, 0.25) is 0 Å². The van der Waals surface area contributed by atoms with Gasteiger partial charge in [0.1, 0.15) is 0 Å². The molecule has 30 heavy (non-hydrogen) atoms. The van der Waals surface area contributed by atoms with Crippen LogP contribution in [0.3, 0.4) is 0 Å². The fourth-order valence-corrected chi connectivity index (χ4v) is 2.74. The first-order valence-corrected chi connectivity index (χ1v) is 10.2. The smallest absolute Gasteiger partial charge is 0.323 e. The first-order valence-electron chi connectivity index (χ1n) is 10.2. The van der Waals surface area contributed by atoms with Crippen LogP contribution in [-0.4, -0.2) is 30.0 Å². The summed E-state index contributed by atoms with van der Waals surface area (Å²) in [6.45, 7) is 8.00. The van der Waals surface area contributed by atoms with E-state index in [-0.39, 0.29) is 12.8 Å². The predicted octanol–water partition coefficient (Wildman–Crippen LogP) is 5.45. The highest BCUT2D eigenvalue weighted by atomic mass is 16.7. The van der Waals surface area contributed by atoms with Crippen LogP contribution >= 0.6 is 0 Å². The average molecular weight is 411 g/mol. The van der Waals surface area contributed by atoms with Gasteiger partial charge in [0.15, 0.2) is 0 Å². The molecule has 0 unspecified atom stereocenters. The van der Waals surface area contributed by atoms with Gasteiger partial charge < -0.3 is 10.2 Å². The van der Waals surface area contributed by atoms with E-state index < -0.39 is 17.9 Å². The maximum absolute atomic E-state index is 10.8. The van der Waals surface area contributed by atoms with Crippen molar-refractivity contribution in [1.82, 2.24) is 10.4 Å². The van der Waals surface area contributed by atoms with Crippen LogP contribution in [0.4, 0.5) is 4.79 Å². The predicted molar refractivity (Wildman–Crippen MR) is 121 cm³/mol. The SMILES string of the molecule is CC.CC.CNC(=O)ON1C(=O)CCC1=O.c1ccc2c(c1)ccc1ccccc12. The van der Waals surface area contributed by atoms with Gasteiger partial charge in [-0.2, -0.15) is 0 Å². The molecule has 1 fully saturated rings. The van der Waals surface area contributed by atoms with Crippen LogP contribution in [0.1, 0.15) is 40.5 Å². The van der Waals surface area contributed by atoms with E-state index in [0.29, 0.717) is 5.06 Å². The number of fused-ring (bicyclic) bond motifs is 3. The molecule has 0 spiro atoms. The third kappa shape index (κ3) is 6.30. The van der Waals surface area contributed by atoms with Crippen molar-refractivity contribution >= 4 is 39.5 Å². The molecule has 0 aromatic heterocycles. The van der Waals surface area contributed by atoms with E-state index in [1.165, 1.54) is 28.6 Å². The van der Waals surface area contributed by atoms with Crippen molar-refractivity contribution in [3.8, 4) is 0 Å². The van der Waals surface area contributed by atoms with E-state index in [1.54, 1.807) is 0 Å². The topological polar surface area (TPSA) is 75.7 Å². The van der Waals surface area contributed by atoms with E-state index in [4.69, 9.17) is 0 Å². The Hall–Kier alpha value is -3.41. The van der Waals surface area contributed by atoms with Crippen molar-refractivity contribution in [3.05, 3.63) is 60.7 Å². The molecule has 0 atom stereocenters. The quantitative estimate of drug-likeness (QED) is 0.427. The number of hydroxylamine groups is 2. The number of hydrogen-bond donors (Lipinski definition) is 1. The molecule has 3 aromatic rings. The lowest BCUT2D eigenvalue weighted by Gasteiger charge is -2.11. The molecule has 6 heteroatoms. The molecule has 0 aliphatic carbocycles. The number of carbonyl (C=O) groups excluding carboxylic acids is 3. The number of rotatable bonds is 1. The minimum atomic E-state index is -0.821. The summed E-state index contributed by atoms with van der Waals surface area (Å²) in [6.07, 6.45) is -0.607. The van der Waals surface area contributed by atoms with Gasteiger partial charge >= 0.3 is 6.09 Å². The minimum absolute atomic E-state index is 0.107. The Morgan fingerprint density at radius 1 is 0.767 bits per heavy atom. The molecular weight excluding hydrogens is 380 g/mol. The zero-order valence-corrected chi connectivity index (χ0v) is 18.3. The second kappa shape index (κ2) is 12.9. The number of nitrogens with zero attached hydrogens (tertiary/aromatic N) is 1. The molecule has 0 bridgehead atoms. The molecule has 4 rings (SSSR count). The number of imide groups is 1. The van der Waals surface area contributed by atoms with Gasteiger partial charge in [-0.05, 0) is 21.5 Å². The van der Waals surface area contributed by atoms with E-state index in [2.05, 4.69) is 70.8 Å². The average Bonchev–Trinajstić information content (AvgIpc) is 3.14. The van der Waals surface area contributed by atoms with Crippen molar-refractivity contribution in [1.29, 1.82) is 0 Å². The first-order chi connectivity index (χ1) is 14.6. The third-order valence-electron chi connectivity index (χ3n) is 4.04. The van der Waals surface area contributed by atoms with Crippen molar-refractivity contribution < 1.29 is 19.2 Å². The van der Waals surface area contributed by atoms with Gasteiger partial charge in [0, 0.05) is 19.9 Å². The van der Waals surface area contributed by atoms with Gasteiger partial charge in [0.25, 0.3) is 11.8 Å². The number of carbonyl (C=O) groups is 3. The Kier molecular flexibility index (Phi) is 10.6. The van der Waals surface area contributed by atoms with E-state index in [1.807, 2.05) is 27.7 Å². The summed E-state index contributed by atoms with van der Waals surface area (Å²) in [5.74, 6) is -0.966. The summed E-state index contributed by atoms with van der Waals surface area (Å²) < 4.78 is 0. The van der Waals surface area contributed by atoms with Gasteiger partial charge in [-0.3, -0.25) is 9.59 Å². The largest absolute Gasteiger partial charge is 0.431 e. The van der Waals surface area contributed by atoms with E-state index >= 15 is 0 Å². The van der Waals surface area contributed by atoms with Gasteiger partial charge in [-0.15, -0.1) is 5.06 Å². The molecule has 3 aromatic carbocycles. The van der Waals surface area contributed by atoms with Crippen molar-refractivity contribution in [3.63, 3.8) is 0 Å². The fourth-order valence-electron chi connectivity index (χ4n) is 2.74. The Balaban J connectivity index is 0.000000261. The Bertz CT molecular complexity index is 914. The summed E-state index contributed by atoms with van der Waals surface area (Å²) in [4.78, 5) is 36.6. The van der Waals surface area contributed by atoms with Gasteiger partial charge in [0.05, 0.1) is 0 Å². The summed E-state index contributed by atoms with van der Waals surface area (Å²) in [7, 11) is 1.34. The Morgan fingerprint density at radius 3 is 1.57 bits per heavy atom. The standard InChI is InChI=1S/C14H10.C6H8N2O4.2C2H6/c1-3-7-13-11(5-1)9-10-12-6-2-4-8-14(12)13;1-7-6(11)12-8-4(9)2-3-5(8)10;2*1-2/h1-10H;2-3H2,1H3,(H,7,11);2*1-2H3. The summed E-state index contributed by atoms with van der Waals surface area (Å²) >= 11 is 0. The normalized spacial score (nSPS) is 12.1. The zero-order valence-electron chi connectivity index (χ0n) is 18.3. The maximum Gasteiger partial charge on any atom is 0.431 e. The highest BCUT2D eigenvalue weighted by molar-refractivity contribution is 6.07. The lowest BCUT2D eigenvalue weighted by Crippen LogP contribution is -2.35. The molecule has 1 aliphatic heterocycles. The maximum atomic E-state index is 10.8. The molecular formula is C24H30N2O4. The van der Waals surface area contributed by atoms with E-state index in [9.17, 15) is 14.4 Å². The van der Waals surface area contributed by atoms with Gasteiger partial charge in [-0.1, -0.05) is 88.4 Å². The molecule has 3 amide bonds. The number of benzene rings is 3. The van der Waals surface area contributed by atoms with Crippen LogP contribution in [0.15, 0.2) is 60.7 Å². The summed E-state index contributed by atoms with van der Waals surface area (Å²) in [5.41, 5.74) is 0. The highest BCUT2D eigenvalue weighted by Crippen LogP contribution is 2.24.